The quantitative estimate of drug-likeness (QED) is 0.551. The second kappa shape index (κ2) is 9.03. The summed E-state index contributed by atoms with van der Waals surface area (Å²) < 4.78 is 10.4. The van der Waals surface area contributed by atoms with Crippen molar-refractivity contribution in [2.45, 2.75) is 40.0 Å². The van der Waals surface area contributed by atoms with E-state index in [2.05, 4.69) is 0 Å². The van der Waals surface area contributed by atoms with Gasteiger partial charge in [0.25, 0.3) is 5.69 Å². The lowest BCUT2D eigenvalue weighted by molar-refractivity contribution is -0.385. The molecule has 0 saturated heterocycles. The van der Waals surface area contributed by atoms with E-state index in [0.29, 0.717) is 30.9 Å². The van der Waals surface area contributed by atoms with Gasteiger partial charge in [0.2, 0.25) is 11.8 Å². The van der Waals surface area contributed by atoms with Crippen LogP contribution in [0.1, 0.15) is 36.1 Å². The molecule has 2 aliphatic heterocycles. The van der Waals surface area contributed by atoms with E-state index >= 15 is 0 Å². The van der Waals surface area contributed by atoms with Crippen molar-refractivity contribution in [2.75, 3.05) is 14.2 Å². The molecule has 0 atom stereocenters. The SMILES string of the molecule is COc1ccc([N+](=O)[O-])c2c1CN(C(C)=O)C2.COc1cccc2c1CN(C(C)=O)C2. The summed E-state index contributed by atoms with van der Waals surface area (Å²) >= 11 is 0. The summed E-state index contributed by atoms with van der Waals surface area (Å²) in [7, 11) is 3.17. The molecule has 0 N–H and O–H groups in total. The Labute approximate surface area is 180 Å². The summed E-state index contributed by atoms with van der Waals surface area (Å²) in [6.07, 6.45) is 0. The Kier molecular flexibility index (Phi) is 6.43. The lowest BCUT2D eigenvalue weighted by Gasteiger charge is -2.11. The van der Waals surface area contributed by atoms with Gasteiger partial charge in [-0.05, 0) is 17.7 Å². The number of methoxy groups -OCH3 is 2. The van der Waals surface area contributed by atoms with Gasteiger partial charge >= 0.3 is 0 Å². The van der Waals surface area contributed by atoms with E-state index in [1.807, 2.05) is 23.1 Å². The Morgan fingerprint density at radius 2 is 1.39 bits per heavy atom. The number of hydrogen-bond donors (Lipinski definition) is 0. The minimum atomic E-state index is -0.429. The van der Waals surface area contributed by atoms with Crippen molar-refractivity contribution in [3.8, 4) is 11.5 Å². The van der Waals surface area contributed by atoms with E-state index in [1.54, 1.807) is 25.0 Å². The Bertz CT molecular complexity index is 1040. The Hall–Kier alpha value is -3.62. The van der Waals surface area contributed by atoms with Crippen LogP contribution in [0.25, 0.3) is 0 Å². The van der Waals surface area contributed by atoms with Crippen LogP contribution in [0, 0.1) is 10.1 Å². The highest BCUT2D eigenvalue weighted by Gasteiger charge is 2.31. The highest BCUT2D eigenvalue weighted by atomic mass is 16.6. The number of nitro groups is 1. The van der Waals surface area contributed by atoms with Crippen molar-refractivity contribution in [1.82, 2.24) is 9.80 Å². The molecule has 0 spiro atoms. The molecule has 2 aromatic carbocycles. The van der Waals surface area contributed by atoms with Crippen LogP contribution in [0.3, 0.4) is 0 Å². The van der Waals surface area contributed by atoms with Gasteiger partial charge in [0.05, 0.1) is 37.8 Å². The maximum absolute atomic E-state index is 11.3. The molecule has 0 saturated carbocycles. The molecule has 0 radical (unpaired) electrons. The minimum absolute atomic E-state index is 0.0459. The maximum atomic E-state index is 11.3. The summed E-state index contributed by atoms with van der Waals surface area (Å²) in [5, 5.41) is 10.9. The highest BCUT2D eigenvalue weighted by molar-refractivity contribution is 5.75. The molecular formula is C22H25N3O6. The van der Waals surface area contributed by atoms with E-state index in [1.165, 1.54) is 25.7 Å². The molecular weight excluding hydrogens is 402 g/mol. The van der Waals surface area contributed by atoms with Crippen LogP contribution in [0.5, 0.6) is 11.5 Å². The van der Waals surface area contributed by atoms with E-state index in [9.17, 15) is 19.7 Å². The molecule has 4 rings (SSSR count). The van der Waals surface area contributed by atoms with E-state index in [0.717, 1.165) is 16.9 Å². The van der Waals surface area contributed by atoms with E-state index < -0.39 is 4.92 Å². The first-order valence-electron chi connectivity index (χ1n) is 9.75. The first-order valence-corrected chi connectivity index (χ1v) is 9.75. The van der Waals surface area contributed by atoms with Gasteiger partial charge in [0.15, 0.2) is 0 Å². The molecule has 0 unspecified atom stereocenters. The average molecular weight is 427 g/mol. The standard InChI is InChI=1S/C11H12N2O4.C11H13NO2/c1-7(14)12-5-8-9(6-12)11(17-2)4-3-10(8)13(15)16;1-8(13)12-6-9-4-3-5-11(14-2)10(9)7-12/h3-4H,5-6H2,1-2H3;3-5H,6-7H2,1-2H3. The highest BCUT2D eigenvalue weighted by Crippen LogP contribution is 2.37. The van der Waals surface area contributed by atoms with Gasteiger partial charge in [0, 0.05) is 44.1 Å². The zero-order valence-corrected chi connectivity index (χ0v) is 18.0. The summed E-state index contributed by atoms with van der Waals surface area (Å²) in [5.41, 5.74) is 3.69. The van der Waals surface area contributed by atoms with Crippen LogP contribution in [-0.4, -0.2) is 40.8 Å². The summed E-state index contributed by atoms with van der Waals surface area (Å²) in [4.78, 5) is 36.3. The van der Waals surface area contributed by atoms with Crippen molar-refractivity contribution >= 4 is 17.5 Å². The van der Waals surface area contributed by atoms with Crippen molar-refractivity contribution in [1.29, 1.82) is 0 Å². The third kappa shape index (κ3) is 4.45. The molecule has 2 amide bonds. The summed E-state index contributed by atoms with van der Waals surface area (Å²) in [6.45, 7) is 5.08. The molecule has 164 valence electrons. The lowest BCUT2D eigenvalue weighted by atomic mass is 10.1. The average Bonchev–Trinajstić information content (AvgIpc) is 3.38. The predicted octanol–water partition coefficient (Wildman–Crippen LogP) is 3.02. The maximum Gasteiger partial charge on any atom is 0.275 e. The molecule has 0 aliphatic carbocycles. The van der Waals surface area contributed by atoms with Crippen molar-refractivity contribution in [3.63, 3.8) is 0 Å². The molecule has 2 heterocycles. The molecule has 31 heavy (non-hydrogen) atoms. The number of carbonyl (C=O) groups excluding carboxylic acids is 2. The fourth-order valence-corrected chi connectivity index (χ4v) is 3.84. The van der Waals surface area contributed by atoms with Gasteiger partial charge in [-0.1, -0.05) is 12.1 Å². The summed E-state index contributed by atoms with van der Waals surface area (Å²) in [5.74, 6) is 1.49. The number of benzene rings is 2. The predicted molar refractivity (Wildman–Crippen MR) is 112 cm³/mol. The number of ether oxygens (including phenoxy) is 2. The van der Waals surface area contributed by atoms with Gasteiger partial charge in [-0.2, -0.15) is 0 Å². The molecule has 0 fully saturated rings. The third-order valence-electron chi connectivity index (χ3n) is 5.53. The van der Waals surface area contributed by atoms with Crippen LogP contribution < -0.4 is 9.47 Å². The van der Waals surface area contributed by atoms with Crippen molar-refractivity contribution in [3.05, 3.63) is 62.7 Å². The topological polar surface area (TPSA) is 102 Å². The number of amides is 2. The van der Waals surface area contributed by atoms with Crippen molar-refractivity contribution in [2.24, 2.45) is 0 Å². The van der Waals surface area contributed by atoms with E-state index in [4.69, 9.17) is 9.47 Å². The number of nitrogens with zero attached hydrogens (tertiary/aromatic N) is 3. The smallest absolute Gasteiger partial charge is 0.275 e. The number of fused-ring (bicyclic) bond motifs is 2. The van der Waals surface area contributed by atoms with Crippen molar-refractivity contribution < 1.29 is 24.0 Å². The molecule has 2 aromatic rings. The van der Waals surface area contributed by atoms with Crippen LogP contribution in [-0.2, 0) is 35.8 Å². The third-order valence-corrected chi connectivity index (χ3v) is 5.53. The normalized spacial score (nSPS) is 13.7. The second-order valence-electron chi connectivity index (χ2n) is 7.35. The van der Waals surface area contributed by atoms with Gasteiger partial charge in [-0.25, -0.2) is 0 Å². The van der Waals surface area contributed by atoms with Crippen LogP contribution in [0.15, 0.2) is 30.3 Å². The first kappa shape index (κ1) is 22.1. The zero-order chi connectivity index (χ0) is 22.7. The number of hydrogen-bond acceptors (Lipinski definition) is 6. The zero-order valence-electron chi connectivity index (χ0n) is 18.0. The number of carbonyl (C=O) groups is 2. The minimum Gasteiger partial charge on any atom is -0.496 e. The van der Waals surface area contributed by atoms with Gasteiger partial charge in [-0.3, -0.25) is 19.7 Å². The fourth-order valence-electron chi connectivity index (χ4n) is 3.84. The van der Waals surface area contributed by atoms with E-state index in [-0.39, 0.29) is 24.0 Å². The molecule has 9 heteroatoms. The van der Waals surface area contributed by atoms with Gasteiger partial charge < -0.3 is 19.3 Å². The van der Waals surface area contributed by atoms with Crippen LogP contribution in [0.4, 0.5) is 5.69 Å². The Morgan fingerprint density at radius 1 is 0.839 bits per heavy atom. The number of nitro benzene ring substituents is 1. The van der Waals surface area contributed by atoms with Crippen LogP contribution >= 0.6 is 0 Å². The van der Waals surface area contributed by atoms with Crippen LogP contribution in [0.2, 0.25) is 0 Å². The molecule has 0 bridgehead atoms. The van der Waals surface area contributed by atoms with Gasteiger partial charge in [-0.15, -0.1) is 0 Å². The molecule has 0 aromatic heterocycles. The summed E-state index contributed by atoms with van der Waals surface area (Å²) in [6, 6.07) is 8.92. The molecule has 2 aliphatic rings. The van der Waals surface area contributed by atoms with Gasteiger partial charge in [0.1, 0.15) is 11.5 Å². The second-order valence-corrected chi connectivity index (χ2v) is 7.35. The largest absolute Gasteiger partial charge is 0.496 e. The Morgan fingerprint density at radius 3 is 1.97 bits per heavy atom. The lowest BCUT2D eigenvalue weighted by Crippen LogP contribution is -2.21. The monoisotopic (exact) mass is 427 g/mol. The Balaban J connectivity index is 0.000000179. The molecule has 9 nitrogen and oxygen atoms in total. The first-order chi connectivity index (χ1) is 14.8. The number of rotatable bonds is 3. The fraction of sp³-hybridized carbons (Fsp3) is 0.364.